The summed E-state index contributed by atoms with van der Waals surface area (Å²) in [4.78, 5) is 40.2. The topological polar surface area (TPSA) is 88.1 Å². The molecule has 0 bridgehead atoms. The van der Waals surface area contributed by atoms with Crippen LogP contribution < -0.4 is 10.3 Å². The normalized spacial score (nSPS) is 23.3. The standard InChI is InChI=1S/C19H13BrClN3O4/c1-28-17(26)15-14-16(25)24(13-4-2-3-11(20)9-13)18(27)19(14,23-22-15)10-5-7-12(21)8-6-10/h2-9,14,23H,1H3/t14-,19+/m1/s1. The fourth-order valence-electron chi connectivity index (χ4n) is 3.56. The number of hydrogen-bond acceptors (Lipinski definition) is 6. The third kappa shape index (κ3) is 2.56. The maximum atomic E-state index is 13.5. The summed E-state index contributed by atoms with van der Waals surface area (Å²) in [6.45, 7) is 0. The first-order valence-corrected chi connectivity index (χ1v) is 9.40. The first kappa shape index (κ1) is 18.6. The second-order valence-electron chi connectivity index (χ2n) is 6.31. The van der Waals surface area contributed by atoms with Gasteiger partial charge < -0.3 is 4.74 Å². The van der Waals surface area contributed by atoms with Crippen molar-refractivity contribution in [3.05, 3.63) is 63.6 Å². The van der Waals surface area contributed by atoms with Crippen molar-refractivity contribution in [1.82, 2.24) is 5.43 Å². The highest BCUT2D eigenvalue weighted by Gasteiger charge is 2.67. The molecule has 2 aromatic carbocycles. The van der Waals surface area contributed by atoms with Gasteiger partial charge in [-0.2, -0.15) is 5.10 Å². The number of hydrazone groups is 1. The fraction of sp³-hybridized carbons (Fsp3) is 0.158. The quantitative estimate of drug-likeness (QED) is 0.560. The number of imide groups is 1. The number of methoxy groups -OCH3 is 1. The zero-order chi connectivity index (χ0) is 20.1. The van der Waals surface area contributed by atoms with Crippen molar-refractivity contribution >= 4 is 56.7 Å². The van der Waals surface area contributed by atoms with Gasteiger partial charge in [-0.05, 0) is 35.9 Å². The number of fused-ring (bicyclic) bond motifs is 1. The van der Waals surface area contributed by atoms with E-state index in [9.17, 15) is 14.4 Å². The van der Waals surface area contributed by atoms with Gasteiger partial charge in [0.2, 0.25) is 5.91 Å². The summed E-state index contributed by atoms with van der Waals surface area (Å²) >= 11 is 9.32. The van der Waals surface area contributed by atoms with Crippen LogP contribution in [0.4, 0.5) is 5.69 Å². The van der Waals surface area contributed by atoms with Gasteiger partial charge in [0.1, 0.15) is 5.92 Å². The Morgan fingerprint density at radius 1 is 1.25 bits per heavy atom. The Hall–Kier alpha value is -2.71. The van der Waals surface area contributed by atoms with E-state index in [1.807, 2.05) is 0 Å². The summed E-state index contributed by atoms with van der Waals surface area (Å²) in [5, 5.41) is 4.47. The zero-order valence-electron chi connectivity index (χ0n) is 14.5. The highest BCUT2D eigenvalue weighted by molar-refractivity contribution is 9.10. The molecule has 7 nitrogen and oxygen atoms in total. The molecule has 2 aliphatic heterocycles. The van der Waals surface area contributed by atoms with Crippen LogP contribution in [0.5, 0.6) is 0 Å². The molecule has 0 aliphatic carbocycles. The number of nitrogens with zero attached hydrogens (tertiary/aromatic N) is 2. The summed E-state index contributed by atoms with van der Waals surface area (Å²) < 4.78 is 5.47. The minimum absolute atomic E-state index is 0.145. The molecule has 142 valence electrons. The number of carbonyl (C=O) groups is 3. The third-order valence-corrected chi connectivity index (χ3v) is 5.57. The molecule has 1 saturated heterocycles. The maximum Gasteiger partial charge on any atom is 0.355 e. The lowest BCUT2D eigenvalue weighted by molar-refractivity contribution is -0.133. The van der Waals surface area contributed by atoms with Gasteiger partial charge in [-0.3, -0.25) is 15.0 Å². The number of benzene rings is 2. The van der Waals surface area contributed by atoms with Gasteiger partial charge in [0.15, 0.2) is 11.3 Å². The van der Waals surface area contributed by atoms with Crippen molar-refractivity contribution in [1.29, 1.82) is 0 Å². The molecule has 0 radical (unpaired) electrons. The lowest BCUT2D eigenvalue weighted by Gasteiger charge is -2.26. The predicted molar refractivity (Wildman–Crippen MR) is 106 cm³/mol. The van der Waals surface area contributed by atoms with Gasteiger partial charge in [-0.15, -0.1) is 0 Å². The highest BCUT2D eigenvalue weighted by Crippen LogP contribution is 2.45. The van der Waals surface area contributed by atoms with Crippen LogP contribution in [0.25, 0.3) is 0 Å². The fourth-order valence-corrected chi connectivity index (χ4v) is 4.07. The number of nitrogens with one attached hydrogen (secondary N) is 1. The van der Waals surface area contributed by atoms with Crippen LogP contribution in [0.1, 0.15) is 5.56 Å². The van der Waals surface area contributed by atoms with Gasteiger partial charge in [0, 0.05) is 9.50 Å². The van der Waals surface area contributed by atoms with E-state index in [1.165, 1.54) is 7.11 Å². The summed E-state index contributed by atoms with van der Waals surface area (Å²) in [5.74, 6) is -3.03. The molecule has 0 saturated carbocycles. The first-order valence-electron chi connectivity index (χ1n) is 8.23. The molecular weight excluding hydrogens is 450 g/mol. The average Bonchev–Trinajstić information content (AvgIpc) is 3.18. The number of hydrogen-bond donors (Lipinski definition) is 1. The van der Waals surface area contributed by atoms with E-state index in [0.29, 0.717) is 20.7 Å². The van der Waals surface area contributed by atoms with Gasteiger partial charge in [0.05, 0.1) is 12.8 Å². The van der Waals surface area contributed by atoms with E-state index < -0.39 is 29.2 Å². The van der Waals surface area contributed by atoms with E-state index in [1.54, 1.807) is 48.5 Å². The Labute approximate surface area is 173 Å². The summed E-state index contributed by atoms with van der Waals surface area (Å²) in [5.41, 5.74) is 1.91. The monoisotopic (exact) mass is 461 g/mol. The number of carbonyl (C=O) groups excluding carboxylic acids is 3. The molecular formula is C19H13BrClN3O4. The zero-order valence-corrected chi connectivity index (χ0v) is 16.8. The SMILES string of the molecule is COC(=O)C1=NN[C@]2(c3ccc(Cl)cc3)C(=O)N(c3cccc(Br)c3)C(=O)[C@@H]12. The van der Waals surface area contributed by atoms with Crippen LogP contribution in [-0.2, 0) is 24.7 Å². The molecule has 9 heteroatoms. The van der Waals surface area contributed by atoms with E-state index in [-0.39, 0.29) is 5.71 Å². The van der Waals surface area contributed by atoms with Crippen LogP contribution in [0.15, 0.2) is 58.1 Å². The Morgan fingerprint density at radius 3 is 2.61 bits per heavy atom. The Kier molecular flexibility index (Phi) is 4.47. The number of halogens is 2. The molecule has 2 aromatic rings. The van der Waals surface area contributed by atoms with Gasteiger partial charge in [-0.25, -0.2) is 9.69 Å². The minimum atomic E-state index is -1.55. The van der Waals surface area contributed by atoms with Crippen LogP contribution in [-0.4, -0.2) is 30.6 Å². The number of amides is 2. The molecule has 2 heterocycles. The summed E-state index contributed by atoms with van der Waals surface area (Å²) in [6.07, 6.45) is 0. The molecule has 1 N–H and O–H groups in total. The van der Waals surface area contributed by atoms with E-state index >= 15 is 0 Å². The number of esters is 1. The van der Waals surface area contributed by atoms with Crippen molar-refractivity contribution < 1.29 is 19.1 Å². The van der Waals surface area contributed by atoms with Crippen molar-refractivity contribution in [3.8, 4) is 0 Å². The number of anilines is 1. The smallest absolute Gasteiger partial charge is 0.355 e. The highest BCUT2D eigenvalue weighted by atomic mass is 79.9. The van der Waals surface area contributed by atoms with Crippen molar-refractivity contribution in [3.63, 3.8) is 0 Å². The first-order chi connectivity index (χ1) is 13.4. The molecule has 0 unspecified atom stereocenters. The van der Waals surface area contributed by atoms with E-state index in [2.05, 4.69) is 26.5 Å². The molecule has 2 atom stereocenters. The third-order valence-electron chi connectivity index (χ3n) is 4.83. The predicted octanol–water partition coefficient (Wildman–Crippen LogP) is 2.62. The Bertz CT molecular complexity index is 1040. The Morgan fingerprint density at radius 2 is 1.96 bits per heavy atom. The minimum Gasteiger partial charge on any atom is -0.464 e. The molecule has 0 spiro atoms. The molecule has 4 rings (SSSR count). The molecule has 2 amide bonds. The maximum absolute atomic E-state index is 13.5. The van der Waals surface area contributed by atoms with Gasteiger partial charge in [-0.1, -0.05) is 45.7 Å². The molecule has 2 aliphatic rings. The van der Waals surface area contributed by atoms with E-state index in [0.717, 1.165) is 4.90 Å². The lowest BCUT2D eigenvalue weighted by atomic mass is 9.79. The van der Waals surface area contributed by atoms with Crippen molar-refractivity contribution in [2.45, 2.75) is 5.54 Å². The second-order valence-corrected chi connectivity index (χ2v) is 7.66. The molecule has 1 fully saturated rings. The van der Waals surface area contributed by atoms with Crippen LogP contribution >= 0.6 is 27.5 Å². The second kappa shape index (κ2) is 6.72. The lowest BCUT2D eigenvalue weighted by Crippen LogP contribution is -2.48. The van der Waals surface area contributed by atoms with Gasteiger partial charge >= 0.3 is 5.97 Å². The largest absolute Gasteiger partial charge is 0.464 e. The van der Waals surface area contributed by atoms with Gasteiger partial charge in [0.25, 0.3) is 5.91 Å². The van der Waals surface area contributed by atoms with Crippen LogP contribution in [0.3, 0.4) is 0 Å². The van der Waals surface area contributed by atoms with Crippen LogP contribution in [0, 0.1) is 5.92 Å². The van der Waals surface area contributed by atoms with Crippen molar-refractivity contribution in [2.75, 3.05) is 12.0 Å². The number of rotatable bonds is 3. The van der Waals surface area contributed by atoms with E-state index in [4.69, 9.17) is 16.3 Å². The van der Waals surface area contributed by atoms with Crippen molar-refractivity contribution in [2.24, 2.45) is 11.0 Å². The molecule has 0 aromatic heterocycles. The summed E-state index contributed by atoms with van der Waals surface area (Å²) in [7, 11) is 1.19. The van der Waals surface area contributed by atoms with Crippen LogP contribution in [0.2, 0.25) is 5.02 Å². The Balaban J connectivity index is 1.90. The average molecular weight is 463 g/mol. The summed E-state index contributed by atoms with van der Waals surface area (Å²) in [6, 6.07) is 13.3. The number of ether oxygens (including phenoxy) is 1. The molecule has 28 heavy (non-hydrogen) atoms.